The lowest BCUT2D eigenvalue weighted by Crippen LogP contribution is -2.11. The molecule has 1 atom stereocenters. The van der Waals surface area contributed by atoms with Crippen molar-refractivity contribution in [3.63, 3.8) is 0 Å². The monoisotopic (exact) mass is 266 g/mol. The van der Waals surface area contributed by atoms with Crippen LogP contribution in [0.4, 0.5) is 0 Å². The lowest BCUT2D eigenvalue weighted by molar-refractivity contribution is -0.141. The van der Waals surface area contributed by atoms with E-state index < -0.39 is 0 Å². The molecule has 0 aliphatic heterocycles. The van der Waals surface area contributed by atoms with Gasteiger partial charge >= 0.3 is 5.97 Å². The number of rotatable bonds is 6. The summed E-state index contributed by atoms with van der Waals surface area (Å²) < 4.78 is 4.59. The van der Waals surface area contributed by atoms with Crippen LogP contribution in [-0.4, -0.2) is 25.1 Å². The third kappa shape index (κ3) is 4.53. The minimum absolute atomic E-state index is 0.00479. The van der Waals surface area contributed by atoms with Crippen LogP contribution in [0.15, 0.2) is 29.2 Å². The van der Waals surface area contributed by atoms with Crippen molar-refractivity contribution < 1.29 is 14.3 Å². The average molecular weight is 266 g/mol. The number of methoxy groups -OCH3 is 1. The molecule has 4 heteroatoms. The van der Waals surface area contributed by atoms with E-state index in [2.05, 4.69) is 4.74 Å². The fraction of sp³-hybridized carbons (Fsp3) is 0.429. The molecule has 1 aromatic rings. The van der Waals surface area contributed by atoms with Gasteiger partial charge in [-0.15, -0.1) is 11.8 Å². The van der Waals surface area contributed by atoms with Crippen molar-refractivity contribution >= 4 is 23.5 Å². The Labute approximate surface area is 112 Å². The van der Waals surface area contributed by atoms with Crippen LogP contribution in [0, 0.1) is 5.92 Å². The molecule has 0 aliphatic rings. The quantitative estimate of drug-likeness (QED) is 0.450. The molecule has 0 amide bonds. The van der Waals surface area contributed by atoms with Gasteiger partial charge in [-0.2, -0.15) is 0 Å². The van der Waals surface area contributed by atoms with Crippen molar-refractivity contribution in [2.24, 2.45) is 5.92 Å². The summed E-state index contributed by atoms with van der Waals surface area (Å²) >= 11 is 1.64. The zero-order valence-electron chi connectivity index (χ0n) is 10.9. The predicted molar refractivity (Wildman–Crippen MR) is 73.0 cm³/mol. The SMILES string of the molecule is COC(=O)CC(C)CC(=O)c1ccc(SC)cc1. The lowest BCUT2D eigenvalue weighted by Gasteiger charge is -2.09. The second-order valence-corrected chi connectivity index (χ2v) is 5.12. The largest absolute Gasteiger partial charge is 0.469 e. The topological polar surface area (TPSA) is 43.4 Å². The van der Waals surface area contributed by atoms with Crippen molar-refractivity contribution in [2.75, 3.05) is 13.4 Å². The van der Waals surface area contributed by atoms with E-state index >= 15 is 0 Å². The first-order valence-corrected chi connectivity index (χ1v) is 7.03. The number of hydrogen-bond donors (Lipinski definition) is 0. The molecule has 0 spiro atoms. The van der Waals surface area contributed by atoms with E-state index in [4.69, 9.17) is 0 Å². The fourth-order valence-corrected chi connectivity index (χ4v) is 2.06. The summed E-state index contributed by atoms with van der Waals surface area (Å²) in [7, 11) is 1.36. The maximum Gasteiger partial charge on any atom is 0.305 e. The first-order valence-electron chi connectivity index (χ1n) is 5.81. The highest BCUT2D eigenvalue weighted by Crippen LogP contribution is 2.18. The third-order valence-electron chi connectivity index (χ3n) is 2.69. The number of carbonyl (C=O) groups is 2. The number of thioether (sulfide) groups is 1. The molecule has 98 valence electrons. The number of carbonyl (C=O) groups excluding carboxylic acids is 2. The number of ether oxygens (including phenoxy) is 1. The van der Waals surface area contributed by atoms with Crippen LogP contribution >= 0.6 is 11.8 Å². The second-order valence-electron chi connectivity index (χ2n) is 4.24. The molecule has 0 saturated heterocycles. The molecule has 0 radical (unpaired) electrons. The number of ketones is 1. The highest BCUT2D eigenvalue weighted by Gasteiger charge is 2.14. The van der Waals surface area contributed by atoms with Crippen molar-refractivity contribution in [2.45, 2.75) is 24.7 Å². The molecule has 1 rings (SSSR count). The van der Waals surface area contributed by atoms with Crippen LogP contribution in [0.5, 0.6) is 0 Å². The van der Waals surface area contributed by atoms with Gasteiger partial charge in [0.15, 0.2) is 5.78 Å². The predicted octanol–water partition coefficient (Wildman–Crippen LogP) is 3.18. The molecule has 0 heterocycles. The minimum Gasteiger partial charge on any atom is -0.469 e. The van der Waals surface area contributed by atoms with Crippen LogP contribution in [0.3, 0.4) is 0 Å². The smallest absolute Gasteiger partial charge is 0.305 e. The molecule has 1 unspecified atom stereocenters. The molecule has 0 fully saturated rings. The van der Waals surface area contributed by atoms with Gasteiger partial charge in [-0.3, -0.25) is 9.59 Å². The van der Waals surface area contributed by atoms with Crippen molar-refractivity contribution in [3.8, 4) is 0 Å². The fourth-order valence-electron chi connectivity index (χ4n) is 1.65. The number of benzene rings is 1. The van der Waals surface area contributed by atoms with E-state index in [1.807, 2.05) is 37.4 Å². The summed E-state index contributed by atoms with van der Waals surface area (Å²) in [5.41, 5.74) is 0.699. The van der Waals surface area contributed by atoms with Gasteiger partial charge in [0.2, 0.25) is 0 Å². The Kier molecular flexibility index (Phi) is 5.92. The standard InChI is InChI=1S/C14H18O3S/c1-10(9-14(16)17-2)8-13(15)11-4-6-12(18-3)7-5-11/h4-7,10H,8-9H2,1-3H3. The number of Topliss-reactive ketones (excluding diaryl/α,β-unsaturated/α-hetero) is 1. The summed E-state index contributed by atoms with van der Waals surface area (Å²) in [5.74, 6) is -0.197. The molecule has 0 saturated carbocycles. The maximum absolute atomic E-state index is 12.0. The van der Waals surface area contributed by atoms with Gasteiger partial charge in [-0.05, 0) is 24.3 Å². The van der Waals surface area contributed by atoms with E-state index in [0.29, 0.717) is 12.0 Å². The van der Waals surface area contributed by atoms with Crippen LogP contribution in [0.25, 0.3) is 0 Å². The maximum atomic E-state index is 12.0. The van der Waals surface area contributed by atoms with Crippen LogP contribution < -0.4 is 0 Å². The summed E-state index contributed by atoms with van der Waals surface area (Å²) in [4.78, 5) is 24.2. The van der Waals surface area contributed by atoms with Crippen LogP contribution in [-0.2, 0) is 9.53 Å². The van der Waals surface area contributed by atoms with Gasteiger partial charge in [0, 0.05) is 23.3 Å². The Balaban J connectivity index is 2.56. The highest BCUT2D eigenvalue weighted by molar-refractivity contribution is 7.98. The number of esters is 1. The van der Waals surface area contributed by atoms with Crippen LogP contribution in [0.2, 0.25) is 0 Å². The molecule has 18 heavy (non-hydrogen) atoms. The van der Waals surface area contributed by atoms with Gasteiger partial charge in [-0.1, -0.05) is 19.1 Å². The minimum atomic E-state index is -0.270. The number of hydrogen-bond acceptors (Lipinski definition) is 4. The normalized spacial score (nSPS) is 11.9. The molecule has 0 N–H and O–H groups in total. The first-order chi connectivity index (χ1) is 8.56. The Morgan fingerprint density at radius 1 is 1.22 bits per heavy atom. The Morgan fingerprint density at radius 3 is 2.33 bits per heavy atom. The molecular formula is C14H18O3S. The lowest BCUT2D eigenvalue weighted by atomic mass is 9.97. The van der Waals surface area contributed by atoms with Crippen LogP contribution in [0.1, 0.15) is 30.1 Å². The van der Waals surface area contributed by atoms with Crippen molar-refractivity contribution in [1.29, 1.82) is 0 Å². The van der Waals surface area contributed by atoms with Gasteiger partial charge in [-0.25, -0.2) is 0 Å². The highest BCUT2D eigenvalue weighted by atomic mass is 32.2. The summed E-state index contributed by atoms with van der Waals surface area (Å²) in [6.45, 7) is 1.88. The molecule has 0 aromatic heterocycles. The van der Waals surface area contributed by atoms with Gasteiger partial charge in [0.25, 0.3) is 0 Å². The third-order valence-corrected chi connectivity index (χ3v) is 3.43. The van der Waals surface area contributed by atoms with E-state index in [-0.39, 0.29) is 24.1 Å². The second kappa shape index (κ2) is 7.21. The Hall–Kier alpha value is -1.29. The molecule has 0 aliphatic carbocycles. The Bertz CT molecular complexity index is 412. The summed E-state index contributed by atoms with van der Waals surface area (Å²) in [6.07, 6.45) is 2.65. The van der Waals surface area contributed by atoms with E-state index in [1.165, 1.54) is 7.11 Å². The van der Waals surface area contributed by atoms with Crippen molar-refractivity contribution in [3.05, 3.63) is 29.8 Å². The zero-order valence-corrected chi connectivity index (χ0v) is 11.8. The molecular weight excluding hydrogens is 248 g/mol. The van der Waals surface area contributed by atoms with E-state index in [0.717, 1.165) is 4.90 Å². The molecule has 0 bridgehead atoms. The van der Waals surface area contributed by atoms with E-state index in [9.17, 15) is 9.59 Å². The van der Waals surface area contributed by atoms with Gasteiger partial charge in [0.05, 0.1) is 7.11 Å². The van der Waals surface area contributed by atoms with Gasteiger partial charge < -0.3 is 4.74 Å². The average Bonchev–Trinajstić information content (AvgIpc) is 2.38. The summed E-state index contributed by atoms with van der Waals surface area (Å²) in [6, 6.07) is 7.53. The Morgan fingerprint density at radius 2 is 1.83 bits per heavy atom. The first kappa shape index (κ1) is 14.8. The zero-order chi connectivity index (χ0) is 13.5. The summed E-state index contributed by atoms with van der Waals surface area (Å²) in [5, 5.41) is 0. The molecule has 1 aromatic carbocycles. The van der Waals surface area contributed by atoms with Gasteiger partial charge in [0.1, 0.15) is 0 Å². The van der Waals surface area contributed by atoms with E-state index in [1.54, 1.807) is 11.8 Å². The van der Waals surface area contributed by atoms with Crippen molar-refractivity contribution in [1.82, 2.24) is 0 Å². The molecule has 3 nitrogen and oxygen atoms in total.